The summed E-state index contributed by atoms with van der Waals surface area (Å²) in [7, 11) is 0. The number of benzene rings is 2. The highest BCUT2D eigenvalue weighted by molar-refractivity contribution is 6.11. The molecule has 2 amide bonds. The van der Waals surface area contributed by atoms with Crippen molar-refractivity contribution in [1.29, 1.82) is 0 Å². The Kier molecular flexibility index (Phi) is 4.48. The minimum Gasteiger partial charge on any atom is -0.468 e. The highest BCUT2D eigenvalue weighted by Crippen LogP contribution is 2.29. The van der Waals surface area contributed by atoms with Crippen LogP contribution in [0, 0.1) is 13.8 Å². The molecule has 0 aromatic heterocycles. The van der Waals surface area contributed by atoms with Crippen LogP contribution in [0.3, 0.4) is 0 Å². The molecule has 2 aliphatic rings. The molecule has 1 atom stereocenters. The van der Waals surface area contributed by atoms with Gasteiger partial charge in [0.1, 0.15) is 5.75 Å². The summed E-state index contributed by atoms with van der Waals surface area (Å²) in [5, 5.41) is 2.76. The second-order valence-corrected chi connectivity index (χ2v) is 7.09. The van der Waals surface area contributed by atoms with E-state index in [1.54, 1.807) is 17.0 Å². The number of carbonyl (C=O) groups is 2. The number of piperazine rings is 1. The van der Waals surface area contributed by atoms with Crippen LogP contribution in [0.1, 0.15) is 11.1 Å². The average molecular weight is 365 g/mol. The Morgan fingerprint density at radius 2 is 1.81 bits per heavy atom. The summed E-state index contributed by atoms with van der Waals surface area (Å²) >= 11 is 0. The molecule has 0 unspecified atom stereocenters. The number of ether oxygens (including phenoxy) is 1. The molecule has 2 aromatic rings. The molecule has 4 rings (SSSR count). The van der Waals surface area contributed by atoms with Crippen LogP contribution in [0.4, 0.5) is 11.4 Å². The van der Waals surface area contributed by atoms with Crippen LogP contribution in [0.25, 0.3) is 0 Å². The Bertz CT molecular complexity index is 888. The van der Waals surface area contributed by atoms with E-state index in [4.69, 9.17) is 4.74 Å². The molecule has 140 valence electrons. The predicted molar refractivity (Wildman–Crippen MR) is 104 cm³/mol. The van der Waals surface area contributed by atoms with Crippen molar-refractivity contribution in [3.8, 4) is 5.75 Å². The van der Waals surface area contributed by atoms with E-state index in [-0.39, 0.29) is 5.91 Å². The molecular weight excluding hydrogens is 342 g/mol. The number of nitrogens with zero attached hydrogens (tertiary/aromatic N) is 2. The second kappa shape index (κ2) is 6.95. The van der Waals surface area contributed by atoms with Gasteiger partial charge in [0, 0.05) is 31.9 Å². The summed E-state index contributed by atoms with van der Waals surface area (Å²) < 4.78 is 5.69. The SMILES string of the molecule is Cc1ccc(C)c(N2CCN(C(=O)[C@H]3Oc4ccccc4NC3=O)CC2)c1. The van der Waals surface area contributed by atoms with Gasteiger partial charge in [-0.1, -0.05) is 24.3 Å². The van der Waals surface area contributed by atoms with E-state index in [9.17, 15) is 9.59 Å². The number of para-hydroxylation sites is 2. The Morgan fingerprint density at radius 3 is 2.59 bits per heavy atom. The van der Waals surface area contributed by atoms with E-state index in [1.807, 2.05) is 12.1 Å². The van der Waals surface area contributed by atoms with Crippen LogP contribution in [0.2, 0.25) is 0 Å². The number of amides is 2. The zero-order valence-corrected chi connectivity index (χ0v) is 15.6. The van der Waals surface area contributed by atoms with Gasteiger partial charge in [-0.25, -0.2) is 0 Å². The Balaban J connectivity index is 1.43. The normalized spacial score (nSPS) is 19.2. The van der Waals surface area contributed by atoms with E-state index in [0.717, 1.165) is 13.1 Å². The molecule has 0 saturated carbocycles. The van der Waals surface area contributed by atoms with Crippen molar-refractivity contribution in [2.24, 2.45) is 0 Å². The lowest BCUT2D eigenvalue weighted by molar-refractivity contribution is -0.145. The monoisotopic (exact) mass is 365 g/mol. The lowest BCUT2D eigenvalue weighted by Gasteiger charge is -2.38. The lowest BCUT2D eigenvalue weighted by Crippen LogP contribution is -2.56. The van der Waals surface area contributed by atoms with Crippen LogP contribution in [0.15, 0.2) is 42.5 Å². The number of fused-ring (bicyclic) bond motifs is 1. The third kappa shape index (κ3) is 3.35. The average Bonchev–Trinajstić information content (AvgIpc) is 2.69. The molecule has 0 bridgehead atoms. The molecule has 1 saturated heterocycles. The van der Waals surface area contributed by atoms with E-state index in [0.29, 0.717) is 24.5 Å². The van der Waals surface area contributed by atoms with Crippen molar-refractivity contribution >= 4 is 23.2 Å². The zero-order valence-electron chi connectivity index (χ0n) is 15.6. The van der Waals surface area contributed by atoms with E-state index < -0.39 is 12.0 Å². The zero-order chi connectivity index (χ0) is 19.0. The van der Waals surface area contributed by atoms with Gasteiger partial charge in [-0.15, -0.1) is 0 Å². The number of nitrogens with one attached hydrogen (secondary N) is 1. The molecular formula is C21H23N3O3. The summed E-state index contributed by atoms with van der Waals surface area (Å²) in [6.45, 7) is 6.80. The van der Waals surface area contributed by atoms with Crippen LogP contribution in [-0.2, 0) is 9.59 Å². The van der Waals surface area contributed by atoms with E-state index >= 15 is 0 Å². The first-order valence-electron chi connectivity index (χ1n) is 9.20. The van der Waals surface area contributed by atoms with Gasteiger partial charge in [0.05, 0.1) is 5.69 Å². The van der Waals surface area contributed by atoms with Gasteiger partial charge in [-0.3, -0.25) is 9.59 Å². The summed E-state index contributed by atoms with van der Waals surface area (Å²) in [6.07, 6.45) is -1.12. The van der Waals surface area contributed by atoms with Gasteiger partial charge in [0.15, 0.2) is 0 Å². The van der Waals surface area contributed by atoms with Gasteiger partial charge in [-0.05, 0) is 43.2 Å². The fraction of sp³-hybridized carbons (Fsp3) is 0.333. The number of hydrogen-bond acceptors (Lipinski definition) is 4. The molecule has 27 heavy (non-hydrogen) atoms. The molecule has 0 spiro atoms. The number of aryl methyl sites for hydroxylation is 2. The summed E-state index contributed by atoms with van der Waals surface area (Å²) in [6, 6.07) is 13.6. The molecule has 2 heterocycles. The quantitative estimate of drug-likeness (QED) is 0.830. The molecule has 6 heteroatoms. The maximum absolute atomic E-state index is 12.9. The first-order valence-corrected chi connectivity index (χ1v) is 9.20. The first-order chi connectivity index (χ1) is 13.0. The molecule has 2 aromatic carbocycles. The van der Waals surface area contributed by atoms with Crippen molar-refractivity contribution in [2.75, 3.05) is 36.4 Å². The Hall–Kier alpha value is -3.02. The van der Waals surface area contributed by atoms with Gasteiger partial charge in [-0.2, -0.15) is 0 Å². The Morgan fingerprint density at radius 1 is 1.07 bits per heavy atom. The van der Waals surface area contributed by atoms with E-state index in [1.165, 1.54) is 16.8 Å². The Labute approximate surface area is 158 Å². The highest BCUT2D eigenvalue weighted by atomic mass is 16.5. The van der Waals surface area contributed by atoms with Crippen LogP contribution >= 0.6 is 0 Å². The third-order valence-electron chi connectivity index (χ3n) is 5.15. The number of carbonyl (C=O) groups excluding carboxylic acids is 2. The predicted octanol–water partition coefficient (Wildman–Crippen LogP) is 2.35. The van der Waals surface area contributed by atoms with E-state index in [2.05, 4.69) is 42.3 Å². The molecule has 1 N–H and O–H groups in total. The van der Waals surface area contributed by atoms with Crippen molar-refractivity contribution in [1.82, 2.24) is 4.90 Å². The first kappa shape index (κ1) is 17.4. The van der Waals surface area contributed by atoms with Gasteiger partial charge in [0.2, 0.25) is 0 Å². The molecule has 2 aliphatic heterocycles. The summed E-state index contributed by atoms with van der Waals surface area (Å²) in [5.74, 6) is -0.150. The second-order valence-electron chi connectivity index (χ2n) is 7.09. The highest BCUT2D eigenvalue weighted by Gasteiger charge is 2.37. The van der Waals surface area contributed by atoms with Crippen molar-refractivity contribution in [2.45, 2.75) is 20.0 Å². The fourth-order valence-electron chi connectivity index (χ4n) is 3.61. The third-order valence-corrected chi connectivity index (χ3v) is 5.15. The number of rotatable bonds is 2. The maximum atomic E-state index is 12.9. The molecule has 6 nitrogen and oxygen atoms in total. The molecule has 0 aliphatic carbocycles. The number of hydrogen-bond donors (Lipinski definition) is 1. The standard InChI is InChI=1S/C21H23N3O3/c1-14-7-8-15(2)17(13-14)23-9-11-24(12-10-23)21(26)19-20(25)22-16-5-3-4-6-18(16)27-19/h3-8,13,19H,9-12H2,1-2H3,(H,22,25)/t19-/m0/s1. The van der Waals surface area contributed by atoms with Crippen molar-refractivity contribution in [3.63, 3.8) is 0 Å². The minimum absolute atomic E-state index is 0.275. The van der Waals surface area contributed by atoms with Crippen molar-refractivity contribution < 1.29 is 14.3 Å². The molecule has 1 fully saturated rings. The minimum atomic E-state index is -1.12. The summed E-state index contributed by atoms with van der Waals surface area (Å²) in [4.78, 5) is 29.2. The maximum Gasteiger partial charge on any atom is 0.275 e. The smallest absolute Gasteiger partial charge is 0.275 e. The van der Waals surface area contributed by atoms with Gasteiger partial charge < -0.3 is 19.9 Å². The topological polar surface area (TPSA) is 61.9 Å². The summed E-state index contributed by atoms with van der Waals surface area (Å²) in [5.41, 5.74) is 4.26. The van der Waals surface area contributed by atoms with Crippen molar-refractivity contribution in [3.05, 3.63) is 53.6 Å². The van der Waals surface area contributed by atoms with Crippen LogP contribution < -0.4 is 15.0 Å². The van der Waals surface area contributed by atoms with Gasteiger partial charge >= 0.3 is 0 Å². The van der Waals surface area contributed by atoms with Crippen LogP contribution in [-0.4, -0.2) is 49.0 Å². The number of anilines is 2. The largest absolute Gasteiger partial charge is 0.468 e. The van der Waals surface area contributed by atoms with Gasteiger partial charge in [0.25, 0.3) is 17.9 Å². The lowest BCUT2D eigenvalue weighted by atomic mass is 10.1. The van der Waals surface area contributed by atoms with Crippen LogP contribution in [0.5, 0.6) is 5.75 Å². The molecule has 0 radical (unpaired) electrons. The fourth-order valence-corrected chi connectivity index (χ4v) is 3.61.